The molecule has 0 unspecified atom stereocenters. The number of rotatable bonds is 4. The molecule has 134 valence electrons. The summed E-state index contributed by atoms with van der Waals surface area (Å²) < 4.78 is 0. The molecule has 1 aliphatic carbocycles. The Kier molecular flexibility index (Phi) is 5.06. The number of urea groups is 1. The Morgan fingerprint density at radius 2 is 2.08 bits per heavy atom. The Balaban J connectivity index is 1.67. The second-order valence-corrected chi connectivity index (χ2v) is 7.19. The first-order valence-electron chi connectivity index (χ1n) is 8.93. The largest absolute Gasteiger partial charge is 0.349 e. The van der Waals surface area contributed by atoms with E-state index in [1.165, 1.54) is 11.3 Å². The van der Waals surface area contributed by atoms with Crippen molar-refractivity contribution >= 4 is 17.8 Å². The van der Waals surface area contributed by atoms with E-state index in [4.69, 9.17) is 0 Å². The summed E-state index contributed by atoms with van der Waals surface area (Å²) in [6.07, 6.45) is 3.37. The first-order chi connectivity index (χ1) is 12.0. The van der Waals surface area contributed by atoms with Crippen LogP contribution in [-0.2, 0) is 11.3 Å². The van der Waals surface area contributed by atoms with E-state index in [-0.39, 0.29) is 37.0 Å². The molecule has 1 aromatic carbocycles. The van der Waals surface area contributed by atoms with E-state index in [0.29, 0.717) is 17.4 Å². The number of imide groups is 1. The van der Waals surface area contributed by atoms with Crippen LogP contribution in [0.25, 0.3) is 0 Å². The molecule has 6 nitrogen and oxygen atoms in total. The predicted molar refractivity (Wildman–Crippen MR) is 93.8 cm³/mol. The Hall–Kier alpha value is -2.37. The summed E-state index contributed by atoms with van der Waals surface area (Å²) in [4.78, 5) is 37.1. The molecule has 2 aliphatic rings. The summed E-state index contributed by atoms with van der Waals surface area (Å²) in [6, 6.07) is 6.94. The molecule has 1 aliphatic heterocycles. The number of amides is 4. The Morgan fingerprint density at radius 1 is 1.28 bits per heavy atom. The highest BCUT2D eigenvalue weighted by atomic mass is 16.2. The second-order valence-electron chi connectivity index (χ2n) is 7.19. The van der Waals surface area contributed by atoms with Crippen molar-refractivity contribution < 1.29 is 14.4 Å². The molecule has 1 saturated carbocycles. The number of benzene rings is 1. The van der Waals surface area contributed by atoms with Crippen molar-refractivity contribution in [2.45, 2.75) is 45.7 Å². The van der Waals surface area contributed by atoms with E-state index >= 15 is 0 Å². The lowest BCUT2D eigenvalue weighted by molar-refractivity contribution is -0.125. The average molecular weight is 343 g/mol. The van der Waals surface area contributed by atoms with E-state index in [9.17, 15) is 14.4 Å². The Labute approximate surface area is 148 Å². The van der Waals surface area contributed by atoms with Gasteiger partial charge in [0, 0.05) is 11.6 Å². The third-order valence-corrected chi connectivity index (χ3v) is 5.49. The van der Waals surface area contributed by atoms with Crippen LogP contribution >= 0.6 is 0 Å². The second kappa shape index (κ2) is 7.25. The molecular formula is C19H25N3O3. The van der Waals surface area contributed by atoms with Crippen LogP contribution in [-0.4, -0.2) is 35.3 Å². The standard InChI is InChI=1S/C19H25N3O3/c1-12-5-3-8-16(13(12)2)21-18(24)15-7-4-6-14(9-15)11-22-17(23)10-20-19(22)25/h4,6-7,9,12-13,16H,3,5,8,10-11H2,1-2H3,(H,20,25)(H,21,24)/t12-,13+,16-/m1/s1. The zero-order valence-corrected chi connectivity index (χ0v) is 14.7. The number of carbonyl (C=O) groups is 3. The predicted octanol–water partition coefficient (Wildman–Crippen LogP) is 2.29. The molecule has 6 heteroatoms. The van der Waals surface area contributed by atoms with Crippen LogP contribution in [0, 0.1) is 11.8 Å². The molecule has 2 N–H and O–H groups in total. The molecule has 4 amide bonds. The number of hydrogen-bond donors (Lipinski definition) is 2. The molecule has 1 saturated heterocycles. The lowest BCUT2D eigenvalue weighted by atomic mass is 9.78. The van der Waals surface area contributed by atoms with Crippen molar-refractivity contribution in [1.82, 2.24) is 15.5 Å². The highest BCUT2D eigenvalue weighted by Crippen LogP contribution is 2.29. The fourth-order valence-corrected chi connectivity index (χ4v) is 3.65. The highest BCUT2D eigenvalue weighted by molar-refractivity contribution is 6.02. The third kappa shape index (κ3) is 3.83. The molecule has 1 aromatic rings. The summed E-state index contributed by atoms with van der Waals surface area (Å²) in [7, 11) is 0. The van der Waals surface area contributed by atoms with E-state index in [0.717, 1.165) is 18.4 Å². The zero-order chi connectivity index (χ0) is 18.0. The molecule has 0 radical (unpaired) electrons. The normalized spacial score (nSPS) is 26.5. The zero-order valence-electron chi connectivity index (χ0n) is 14.7. The van der Waals surface area contributed by atoms with Crippen LogP contribution < -0.4 is 10.6 Å². The molecule has 3 atom stereocenters. The van der Waals surface area contributed by atoms with Crippen molar-refractivity contribution in [3.05, 3.63) is 35.4 Å². The number of carbonyl (C=O) groups excluding carboxylic acids is 3. The molecule has 2 fully saturated rings. The van der Waals surface area contributed by atoms with Crippen molar-refractivity contribution in [3.8, 4) is 0 Å². The number of nitrogens with one attached hydrogen (secondary N) is 2. The molecule has 3 rings (SSSR count). The van der Waals surface area contributed by atoms with Gasteiger partial charge in [-0.25, -0.2) is 4.79 Å². The Bertz CT molecular complexity index is 672. The van der Waals surface area contributed by atoms with Gasteiger partial charge in [0.25, 0.3) is 5.91 Å². The monoisotopic (exact) mass is 343 g/mol. The van der Waals surface area contributed by atoms with Crippen LogP contribution in [0.3, 0.4) is 0 Å². The van der Waals surface area contributed by atoms with Crippen molar-refractivity contribution in [3.63, 3.8) is 0 Å². The van der Waals surface area contributed by atoms with E-state index in [1.807, 2.05) is 6.07 Å². The summed E-state index contributed by atoms with van der Waals surface area (Å²) in [5.74, 6) is 0.742. The van der Waals surface area contributed by atoms with Crippen LogP contribution in [0.4, 0.5) is 4.79 Å². The van der Waals surface area contributed by atoms with Gasteiger partial charge in [-0.1, -0.05) is 38.8 Å². The van der Waals surface area contributed by atoms with Gasteiger partial charge in [0.15, 0.2) is 0 Å². The SMILES string of the molecule is C[C@H]1[C@H](C)CCC[C@H]1NC(=O)c1cccc(CN2C(=O)CNC2=O)c1. The van der Waals surface area contributed by atoms with Gasteiger partial charge in [0.1, 0.15) is 0 Å². The maximum Gasteiger partial charge on any atom is 0.324 e. The number of hydrogen-bond acceptors (Lipinski definition) is 3. The van der Waals surface area contributed by atoms with Gasteiger partial charge in [0.05, 0.1) is 13.1 Å². The van der Waals surface area contributed by atoms with Gasteiger partial charge in [-0.05, 0) is 36.0 Å². The van der Waals surface area contributed by atoms with Crippen LogP contribution in [0.1, 0.15) is 49.0 Å². The summed E-state index contributed by atoms with van der Waals surface area (Å²) in [5.41, 5.74) is 1.33. The first-order valence-corrected chi connectivity index (χ1v) is 8.93. The molecule has 0 bridgehead atoms. The topological polar surface area (TPSA) is 78.5 Å². The van der Waals surface area contributed by atoms with Gasteiger partial charge in [-0.2, -0.15) is 0 Å². The molecule has 0 aromatic heterocycles. The molecular weight excluding hydrogens is 318 g/mol. The summed E-state index contributed by atoms with van der Waals surface area (Å²) in [6.45, 7) is 4.66. The van der Waals surface area contributed by atoms with Crippen molar-refractivity contribution in [2.75, 3.05) is 6.54 Å². The minimum Gasteiger partial charge on any atom is -0.349 e. The molecule has 1 heterocycles. The fourth-order valence-electron chi connectivity index (χ4n) is 3.65. The minimum absolute atomic E-state index is 0.0385. The van der Waals surface area contributed by atoms with Gasteiger partial charge < -0.3 is 10.6 Å². The number of nitrogens with zero attached hydrogens (tertiary/aromatic N) is 1. The summed E-state index contributed by atoms with van der Waals surface area (Å²) in [5, 5.41) is 5.65. The first kappa shape index (κ1) is 17.5. The van der Waals surface area contributed by atoms with Gasteiger partial charge in [-0.3, -0.25) is 14.5 Å². The smallest absolute Gasteiger partial charge is 0.324 e. The van der Waals surface area contributed by atoms with Crippen molar-refractivity contribution in [1.29, 1.82) is 0 Å². The van der Waals surface area contributed by atoms with E-state index < -0.39 is 0 Å². The lowest BCUT2D eigenvalue weighted by Crippen LogP contribution is -2.43. The fraction of sp³-hybridized carbons (Fsp3) is 0.526. The van der Waals surface area contributed by atoms with Crippen LogP contribution in [0.5, 0.6) is 0 Å². The van der Waals surface area contributed by atoms with Crippen LogP contribution in [0.2, 0.25) is 0 Å². The average Bonchev–Trinajstić information content (AvgIpc) is 2.91. The third-order valence-electron chi connectivity index (χ3n) is 5.49. The van der Waals surface area contributed by atoms with Crippen molar-refractivity contribution in [2.24, 2.45) is 11.8 Å². The van der Waals surface area contributed by atoms with E-state index in [1.54, 1.807) is 18.2 Å². The maximum absolute atomic E-state index is 12.6. The molecule has 0 spiro atoms. The quantitative estimate of drug-likeness (QED) is 0.824. The van der Waals surface area contributed by atoms with Gasteiger partial charge >= 0.3 is 6.03 Å². The molecule has 25 heavy (non-hydrogen) atoms. The maximum atomic E-state index is 12.6. The van der Waals surface area contributed by atoms with Gasteiger partial charge in [-0.15, -0.1) is 0 Å². The lowest BCUT2D eigenvalue weighted by Gasteiger charge is -2.34. The minimum atomic E-state index is -0.384. The van der Waals surface area contributed by atoms with Crippen LogP contribution in [0.15, 0.2) is 24.3 Å². The Morgan fingerprint density at radius 3 is 2.80 bits per heavy atom. The van der Waals surface area contributed by atoms with E-state index in [2.05, 4.69) is 24.5 Å². The highest BCUT2D eigenvalue weighted by Gasteiger charge is 2.29. The summed E-state index contributed by atoms with van der Waals surface area (Å²) >= 11 is 0. The van der Waals surface area contributed by atoms with Gasteiger partial charge in [0.2, 0.25) is 5.91 Å².